The van der Waals surface area contributed by atoms with Crippen LogP contribution in [0, 0.1) is 0 Å². The molecule has 0 spiro atoms. The number of carbonyl (C=O) groups excluding carboxylic acids is 1. The van der Waals surface area contributed by atoms with E-state index >= 15 is 0 Å². The molecule has 0 aliphatic rings. The summed E-state index contributed by atoms with van der Waals surface area (Å²) in [5.41, 5.74) is 5.85. The largest absolute Gasteiger partial charge is 0.491 e. The molecule has 4 N–H and O–H groups in total. The molecule has 29 heavy (non-hydrogen) atoms. The fourth-order valence-electron chi connectivity index (χ4n) is 2.75. The zero-order chi connectivity index (χ0) is 21.6. The first-order valence-electron chi connectivity index (χ1n) is 9.82. The number of hydrogen-bond acceptors (Lipinski definition) is 6. The quantitative estimate of drug-likeness (QED) is 0.138. The second-order valence-electron chi connectivity index (χ2n) is 7.15. The minimum Gasteiger partial charge on any atom is -0.491 e. The molecule has 1 aromatic rings. The number of nitrogens with two attached hydrogens (primary N) is 1. The number of oxime groups is 1. The van der Waals surface area contributed by atoms with Crippen molar-refractivity contribution in [2.45, 2.75) is 38.5 Å². The van der Waals surface area contributed by atoms with Crippen LogP contribution in [0.15, 0.2) is 26.2 Å². The molecular formula is C20H32Br2N4O3. The number of carbonyl (C=O) groups is 1. The minimum atomic E-state index is -0.749. The van der Waals surface area contributed by atoms with Gasteiger partial charge in [0, 0.05) is 6.42 Å². The molecule has 1 amide bonds. The number of amides is 1. The van der Waals surface area contributed by atoms with Crippen LogP contribution in [-0.4, -0.2) is 62.1 Å². The van der Waals surface area contributed by atoms with E-state index in [0.717, 1.165) is 40.6 Å². The lowest BCUT2D eigenvalue weighted by molar-refractivity contribution is -0.112. The van der Waals surface area contributed by atoms with E-state index < -0.39 is 5.91 Å². The highest BCUT2D eigenvalue weighted by atomic mass is 79.9. The molecule has 0 heterocycles. The maximum atomic E-state index is 11.2. The monoisotopic (exact) mass is 534 g/mol. The zero-order valence-electron chi connectivity index (χ0n) is 17.2. The third-order valence-corrected chi connectivity index (χ3v) is 5.47. The van der Waals surface area contributed by atoms with E-state index in [1.807, 2.05) is 12.1 Å². The van der Waals surface area contributed by atoms with Crippen LogP contribution >= 0.6 is 31.9 Å². The van der Waals surface area contributed by atoms with Crippen molar-refractivity contribution in [3.8, 4) is 5.75 Å². The van der Waals surface area contributed by atoms with Gasteiger partial charge in [-0.2, -0.15) is 0 Å². The summed E-state index contributed by atoms with van der Waals surface area (Å²) in [5, 5.41) is 15.3. The Bertz CT molecular complexity index is 646. The highest BCUT2D eigenvalue weighted by Crippen LogP contribution is 2.35. The molecule has 0 saturated carbocycles. The maximum Gasteiger partial charge on any atom is 0.266 e. The molecule has 1 rings (SSSR count). The molecule has 1 aromatic carbocycles. The van der Waals surface area contributed by atoms with Crippen molar-refractivity contribution in [2.24, 2.45) is 10.9 Å². The summed E-state index contributed by atoms with van der Waals surface area (Å²) < 4.78 is 7.39. The van der Waals surface area contributed by atoms with Crippen molar-refractivity contribution < 1.29 is 14.7 Å². The molecule has 0 fully saturated rings. The van der Waals surface area contributed by atoms with Gasteiger partial charge in [0.2, 0.25) is 0 Å². The Morgan fingerprint density at radius 2 is 1.76 bits per heavy atom. The topological polar surface area (TPSA) is 100 Å². The van der Waals surface area contributed by atoms with E-state index in [-0.39, 0.29) is 12.1 Å². The van der Waals surface area contributed by atoms with Crippen LogP contribution in [-0.2, 0) is 11.2 Å². The summed E-state index contributed by atoms with van der Waals surface area (Å²) >= 11 is 6.98. The summed E-state index contributed by atoms with van der Waals surface area (Å²) in [6, 6.07) is 3.64. The number of halogens is 2. The van der Waals surface area contributed by atoms with E-state index in [0.29, 0.717) is 12.4 Å². The molecule has 0 unspecified atom stereocenters. The number of unbranched alkanes of at least 4 members (excludes halogenated alkanes) is 3. The molecule has 0 bridgehead atoms. The Morgan fingerprint density at radius 3 is 2.34 bits per heavy atom. The molecule has 0 saturated heterocycles. The summed E-state index contributed by atoms with van der Waals surface area (Å²) in [4.78, 5) is 13.4. The Balaban J connectivity index is 2.27. The molecule has 0 atom stereocenters. The lowest BCUT2D eigenvalue weighted by Gasteiger charge is -2.13. The molecule has 0 radical (unpaired) electrons. The van der Waals surface area contributed by atoms with E-state index in [2.05, 4.69) is 61.3 Å². The van der Waals surface area contributed by atoms with Crippen molar-refractivity contribution in [3.63, 3.8) is 0 Å². The van der Waals surface area contributed by atoms with Gasteiger partial charge in [-0.25, -0.2) is 0 Å². The number of benzene rings is 1. The average Bonchev–Trinajstić information content (AvgIpc) is 2.65. The summed E-state index contributed by atoms with van der Waals surface area (Å²) in [5.74, 6) is -0.0441. The number of ether oxygens (including phenoxy) is 1. The Morgan fingerprint density at radius 1 is 1.14 bits per heavy atom. The minimum absolute atomic E-state index is 0.0961. The molecule has 9 heteroatoms. The van der Waals surface area contributed by atoms with Crippen LogP contribution in [0.5, 0.6) is 5.75 Å². The smallest absolute Gasteiger partial charge is 0.266 e. The second-order valence-corrected chi connectivity index (χ2v) is 8.85. The normalized spacial score (nSPS) is 11.8. The van der Waals surface area contributed by atoms with Crippen molar-refractivity contribution in [2.75, 3.05) is 40.3 Å². The van der Waals surface area contributed by atoms with E-state index in [1.165, 1.54) is 25.7 Å². The summed E-state index contributed by atoms with van der Waals surface area (Å²) in [6.45, 7) is 3.72. The average molecular weight is 536 g/mol. The predicted molar refractivity (Wildman–Crippen MR) is 124 cm³/mol. The van der Waals surface area contributed by atoms with Crippen molar-refractivity contribution in [1.82, 2.24) is 10.2 Å². The Hall–Kier alpha value is -1.16. The first-order chi connectivity index (χ1) is 13.8. The van der Waals surface area contributed by atoms with Gasteiger partial charge in [-0.05, 0) is 103 Å². The van der Waals surface area contributed by atoms with Gasteiger partial charge in [-0.3, -0.25) is 4.79 Å². The summed E-state index contributed by atoms with van der Waals surface area (Å²) in [6.07, 6.45) is 6.07. The van der Waals surface area contributed by atoms with Gasteiger partial charge < -0.3 is 25.9 Å². The van der Waals surface area contributed by atoms with Gasteiger partial charge in [-0.1, -0.05) is 18.0 Å². The Labute approximate surface area is 190 Å². The number of rotatable bonds is 15. The molecule has 164 valence electrons. The van der Waals surface area contributed by atoms with Gasteiger partial charge in [0.1, 0.15) is 11.5 Å². The van der Waals surface area contributed by atoms with Crippen molar-refractivity contribution in [3.05, 3.63) is 26.6 Å². The van der Waals surface area contributed by atoms with Crippen LogP contribution in [0.4, 0.5) is 0 Å². The molecular weight excluding hydrogens is 504 g/mol. The predicted octanol–water partition coefficient (Wildman–Crippen LogP) is 3.55. The SMILES string of the molecule is CN(C)CCCCCCNCCCOc1c(Br)cc(C/C(=N/O)C(N)=O)cc1Br. The van der Waals surface area contributed by atoms with Gasteiger partial charge in [0.15, 0.2) is 0 Å². The second kappa shape index (κ2) is 14.8. The van der Waals surface area contributed by atoms with Crippen LogP contribution in [0.2, 0.25) is 0 Å². The lowest BCUT2D eigenvalue weighted by atomic mass is 10.1. The molecule has 0 aliphatic heterocycles. The van der Waals surface area contributed by atoms with Crippen LogP contribution in [0.25, 0.3) is 0 Å². The zero-order valence-corrected chi connectivity index (χ0v) is 20.4. The van der Waals surface area contributed by atoms with Crippen LogP contribution in [0.1, 0.15) is 37.7 Å². The number of nitrogens with zero attached hydrogens (tertiary/aromatic N) is 2. The highest BCUT2D eigenvalue weighted by Gasteiger charge is 2.13. The number of primary amides is 1. The molecule has 0 aliphatic carbocycles. The maximum absolute atomic E-state index is 11.2. The van der Waals surface area contributed by atoms with Gasteiger partial charge in [0.05, 0.1) is 15.6 Å². The third-order valence-electron chi connectivity index (χ3n) is 4.29. The Kier molecular flexibility index (Phi) is 13.2. The molecule has 7 nitrogen and oxygen atoms in total. The lowest BCUT2D eigenvalue weighted by Crippen LogP contribution is -2.25. The fraction of sp³-hybridized carbons (Fsp3) is 0.600. The van der Waals surface area contributed by atoms with E-state index in [4.69, 9.17) is 15.7 Å². The fourth-order valence-corrected chi connectivity index (χ4v) is 4.26. The molecule has 0 aromatic heterocycles. The van der Waals surface area contributed by atoms with Gasteiger partial charge in [0.25, 0.3) is 5.91 Å². The number of hydrogen-bond donors (Lipinski definition) is 3. The van der Waals surface area contributed by atoms with Crippen molar-refractivity contribution >= 4 is 43.5 Å². The van der Waals surface area contributed by atoms with E-state index in [1.54, 1.807) is 0 Å². The number of nitrogens with one attached hydrogen (secondary N) is 1. The highest BCUT2D eigenvalue weighted by molar-refractivity contribution is 9.11. The van der Waals surface area contributed by atoms with Crippen LogP contribution in [0.3, 0.4) is 0 Å². The van der Waals surface area contributed by atoms with Crippen molar-refractivity contribution in [1.29, 1.82) is 0 Å². The van der Waals surface area contributed by atoms with Gasteiger partial charge in [-0.15, -0.1) is 0 Å². The first-order valence-corrected chi connectivity index (χ1v) is 11.4. The standard InChI is InChI=1S/C20H32Br2N4O3/c1-26(2)10-6-4-3-5-8-24-9-7-11-29-19-16(21)12-15(13-17(19)22)14-18(25-28)20(23)27/h12-13,24,28H,3-11,14H2,1-2H3,(H2,23,27)/b25-18-. The third kappa shape index (κ3) is 11.0. The first kappa shape index (κ1) is 25.9. The van der Waals surface area contributed by atoms with Gasteiger partial charge >= 0.3 is 0 Å². The van der Waals surface area contributed by atoms with Crippen LogP contribution < -0.4 is 15.8 Å². The summed E-state index contributed by atoms with van der Waals surface area (Å²) in [7, 11) is 4.22. The van der Waals surface area contributed by atoms with E-state index in [9.17, 15) is 4.79 Å².